The summed E-state index contributed by atoms with van der Waals surface area (Å²) in [6, 6.07) is -0.683. The van der Waals surface area contributed by atoms with E-state index in [1.807, 2.05) is 6.26 Å². The van der Waals surface area contributed by atoms with E-state index in [0.29, 0.717) is 6.42 Å². The van der Waals surface area contributed by atoms with Crippen LogP contribution in [0.2, 0.25) is 6.55 Å². The first-order valence-electron chi connectivity index (χ1n) is 3.83. The number of hydrogen-bond donors (Lipinski definition) is 5. The molecule has 0 bridgehead atoms. The van der Waals surface area contributed by atoms with Crippen molar-refractivity contribution in [2.75, 3.05) is 12.0 Å². The Bertz CT molecular complexity index is 157. The van der Waals surface area contributed by atoms with Gasteiger partial charge in [-0.25, -0.2) is 0 Å². The molecule has 6 nitrogen and oxygen atoms in total. The smallest absolute Gasteiger partial charge is 0.480 e. The van der Waals surface area contributed by atoms with Gasteiger partial charge in [-0.15, -0.1) is 0 Å². The van der Waals surface area contributed by atoms with Gasteiger partial charge >= 0.3 is 14.8 Å². The third-order valence-electron chi connectivity index (χ3n) is 0.950. The molecule has 0 fully saturated rings. The lowest BCUT2D eigenvalue weighted by Crippen LogP contribution is -2.30. The number of carboxylic acids is 1. The molecule has 86 valence electrons. The van der Waals surface area contributed by atoms with E-state index in [-0.39, 0.29) is 0 Å². The molecule has 0 rings (SSSR count). The monoisotopic (exact) mass is 243 g/mol. The van der Waals surface area contributed by atoms with Crippen LogP contribution in [0.5, 0.6) is 0 Å². The lowest BCUT2D eigenvalue weighted by Gasteiger charge is -2.02. The molecule has 6 N–H and O–H groups in total. The summed E-state index contributed by atoms with van der Waals surface area (Å²) >= 11 is 1.60. The van der Waals surface area contributed by atoms with E-state index in [2.05, 4.69) is 0 Å². The van der Waals surface area contributed by atoms with Crippen molar-refractivity contribution >= 4 is 26.5 Å². The number of aliphatic carboxylic acids is 1. The van der Waals surface area contributed by atoms with Gasteiger partial charge in [-0.1, -0.05) is 0 Å². The standard InChI is InChI=1S/C5H11NO2S.CH6O3Si/c1-9-3-2-4(6)5(7)8;1-5(2,3)4/h4H,2-3,6H2,1H3,(H,7,8);2-4H,1H3/t4-;/m0./s1. The summed E-state index contributed by atoms with van der Waals surface area (Å²) in [5.41, 5.74) is 5.19. The minimum absolute atomic E-state index is 0.552. The molecule has 0 aliphatic heterocycles. The summed E-state index contributed by atoms with van der Waals surface area (Å²) in [7, 11) is -3.61. The molecule has 0 spiro atoms. The highest BCUT2D eigenvalue weighted by atomic mass is 32.2. The predicted octanol–water partition coefficient (Wildman–Crippen LogP) is -1.32. The maximum Gasteiger partial charge on any atom is 0.489 e. The molecule has 0 saturated carbocycles. The van der Waals surface area contributed by atoms with Gasteiger partial charge in [0.2, 0.25) is 0 Å². The van der Waals surface area contributed by atoms with E-state index in [9.17, 15) is 4.79 Å². The first-order chi connectivity index (χ1) is 6.18. The van der Waals surface area contributed by atoms with Crippen LogP contribution >= 0.6 is 11.8 Å². The van der Waals surface area contributed by atoms with E-state index in [1.54, 1.807) is 11.8 Å². The topological polar surface area (TPSA) is 124 Å². The Labute approximate surface area is 88.1 Å². The largest absolute Gasteiger partial charge is 0.489 e. The van der Waals surface area contributed by atoms with Gasteiger partial charge < -0.3 is 25.2 Å². The summed E-state index contributed by atoms with van der Waals surface area (Å²) in [6.07, 6.45) is 2.48. The van der Waals surface area contributed by atoms with Crippen molar-refractivity contribution in [2.24, 2.45) is 5.73 Å². The molecule has 0 aromatic carbocycles. The fourth-order valence-corrected chi connectivity index (χ4v) is 0.858. The Morgan fingerprint density at radius 3 is 2.07 bits per heavy atom. The molecule has 0 aliphatic rings. The van der Waals surface area contributed by atoms with Gasteiger partial charge in [-0.3, -0.25) is 4.79 Å². The van der Waals surface area contributed by atoms with Crippen molar-refractivity contribution in [3.63, 3.8) is 0 Å². The highest BCUT2D eigenvalue weighted by molar-refractivity contribution is 7.98. The number of nitrogens with two attached hydrogens (primary N) is 1. The summed E-state index contributed by atoms with van der Waals surface area (Å²) in [5, 5.41) is 8.27. The lowest BCUT2D eigenvalue weighted by molar-refractivity contribution is -0.138. The first-order valence-corrected chi connectivity index (χ1v) is 7.56. The van der Waals surface area contributed by atoms with E-state index in [0.717, 1.165) is 12.3 Å². The number of hydrogen-bond acceptors (Lipinski definition) is 6. The average Bonchev–Trinajstić information content (AvgIpc) is 1.96. The molecule has 8 heteroatoms. The van der Waals surface area contributed by atoms with Crippen LogP contribution in [0.3, 0.4) is 0 Å². The van der Waals surface area contributed by atoms with Gasteiger partial charge in [0.25, 0.3) is 0 Å². The SMILES string of the molecule is CSCC[C@H](N)C(=O)O.C[Si](O)(O)O. The second-order valence-corrected chi connectivity index (χ2v) is 5.62. The number of carboxylic acid groups (broad SMARTS) is 1. The molecule has 0 heterocycles. The van der Waals surface area contributed by atoms with Crippen LogP contribution in [0.15, 0.2) is 0 Å². The lowest BCUT2D eigenvalue weighted by atomic mass is 10.2. The van der Waals surface area contributed by atoms with Crippen molar-refractivity contribution in [2.45, 2.75) is 19.0 Å². The average molecular weight is 243 g/mol. The third kappa shape index (κ3) is 22.6. The Kier molecular flexibility index (Phi) is 9.56. The second-order valence-electron chi connectivity index (χ2n) is 2.70. The van der Waals surface area contributed by atoms with Gasteiger partial charge in [0, 0.05) is 6.55 Å². The Morgan fingerprint density at radius 1 is 1.50 bits per heavy atom. The van der Waals surface area contributed by atoms with E-state index < -0.39 is 20.8 Å². The van der Waals surface area contributed by atoms with E-state index >= 15 is 0 Å². The second kappa shape index (κ2) is 8.21. The Balaban J connectivity index is 0. The van der Waals surface area contributed by atoms with Crippen molar-refractivity contribution in [1.82, 2.24) is 0 Å². The summed E-state index contributed by atoms with van der Waals surface area (Å²) < 4.78 is 0. The van der Waals surface area contributed by atoms with Crippen LogP contribution in [0.4, 0.5) is 0 Å². The molecule has 14 heavy (non-hydrogen) atoms. The third-order valence-corrected chi connectivity index (χ3v) is 1.59. The normalized spacial score (nSPS) is 12.7. The zero-order chi connectivity index (χ0) is 11.8. The number of rotatable bonds is 4. The zero-order valence-corrected chi connectivity index (χ0v) is 9.99. The number of thioether (sulfide) groups is 1. The van der Waals surface area contributed by atoms with Crippen molar-refractivity contribution in [3.8, 4) is 0 Å². The molecular weight excluding hydrogens is 226 g/mol. The molecule has 0 saturated heterocycles. The van der Waals surface area contributed by atoms with Crippen LogP contribution in [-0.4, -0.2) is 52.3 Å². The quantitative estimate of drug-likeness (QED) is 0.388. The maximum absolute atomic E-state index is 10.1. The van der Waals surface area contributed by atoms with E-state index in [4.69, 9.17) is 25.2 Å². The molecule has 0 aliphatic carbocycles. The minimum atomic E-state index is -3.61. The Morgan fingerprint density at radius 2 is 1.86 bits per heavy atom. The van der Waals surface area contributed by atoms with E-state index in [1.165, 1.54) is 0 Å². The zero-order valence-electron chi connectivity index (χ0n) is 8.17. The first kappa shape index (κ1) is 16.3. The fourth-order valence-electron chi connectivity index (χ4n) is 0.368. The summed E-state index contributed by atoms with van der Waals surface area (Å²) in [6.45, 7) is 0.993. The van der Waals surface area contributed by atoms with Crippen LogP contribution in [0.1, 0.15) is 6.42 Å². The highest BCUT2D eigenvalue weighted by Crippen LogP contribution is 1.97. The van der Waals surface area contributed by atoms with Gasteiger partial charge in [0.1, 0.15) is 6.04 Å². The minimum Gasteiger partial charge on any atom is -0.480 e. The Hall–Kier alpha value is -0.123. The molecule has 1 atom stereocenters. The molecule has 0 aromatic rings. The van der Waals surface area contributed by atoms with Crippen LogP contribution < -0.4 is 5.73 Å². The molecule has 0 aromatic heterocycles. The predicted molar refractivity (Wildman–Crippen MR) is 56.9 cm³/mol. The van der Waals surface area contributed by atoms with Gasteiger partial charge in [0.05, 0.1) is 0 Å². The highest BCUT2D eigenvalue weighted by Gasteiger charge is 2.14. The fraction of sp³-hybridized carbons (Fsp3) is 0.833. The summed E-state index contributed by atoms with van der Waals surface area (Å²) in [4.78, 5) is 33.4. The van der Waals surface area contributed by atoms with Crippen molar-refractivity contribution in [1.29, 1.82) is 0 Å². The molecule has 0 unspecified atom stereocenters. The van der Waals surface area contributed by atoms with Crippen LogP contribution in [0, 0.1) is 0 Å². The molecular formula is C6H17NO5SSi. The molecule has 0 amide bonds. The van der Waals surface area contributed by atoms with Crippen molar-refractivity contribution in [3.05, 3.63) is 0 Å². The summed E-state index contributed by atoms with van der Waals surface area (Å²) in [5.74, 6) is -0.1000. The maximum atomic E-state index is 10.1. The molecule has 0 radical (unpaired) electrons. The van der Waals surface area contributed by atoms with Crippen LogP contribution in [-0.2, 0) is 4.79 Å². The van der Waals surface area contributed by atoms with Gasteiger partial charge in [-0.2, -0.15) is 11.8 Å². The number of carbonyl (C=O) groups is 1. The van der Waals surface area contributed by atoms with Crippen molar-refractivity contribution < 1.29 is 24.3 Å². The van der Waals surface area contributed by atoms with Gasteiger partial charge in [-0.05, 0) is 18.4 Å². The van der Waals surface area contributed by atoms with Crippen LogP contribution in [0.25, 0.3) is 0 Å². The van der Waals surface area contributed by atoms with Gasteiger partial charge in [0.15, 0.2) is 0 Å².